The molecule has 1 heterocycles. The minimum absolute atomic E-state index is 0.0857. The van der Waals surface area contributed by atoms with E-state index in [0.717, 1.165) is 19.4 Å². The zero-order chi connectivity index (χ0) is 16.8. The summed E-state index contributed by atoms with van der Waals surface area (Å²) < 4.78 is 4.79. The predicted octanol–water partition coefficient (Wildman–Crippen LogP) is 3.10. The number of hydrogen-bond donors (Lipinski definition) is 1. The summed E-state index contributed by atoms with van der Waals surface area (Å²) >= 11 is 0. The molecule has 126 valence electrons. The smallest absolute Gasteiger partial charge is 0.407 e. The van der Waals surface area contributed by atoms with E-state index in [1.807, 2.05) is 4.90 Å². The highest BCUT2D eigenvalue weighted by Gasteiger charge is 2.29. The Bertz CT molecular complexity index is 571. The molecule has 0 saturated carbocycles. The van der Waals surface area contributed by atoms with Gasteiger partial charge < -0.3 is 15.0 Å². The van der Waals surface area contributed by atoms with Gasteiger partial charge in [-0.1, -0.05) is 18.2 Å². The van der Waals surface area contributed by atoms with Crippen LogP contribution in [0.4, 0.5) is 4.79 Å². The Kier molecular flexibility index (Phi) is 6.02. The van der Waals surface area contributed by atoms with Crippen LogP contribution >= 0.6 is 0 Å². The van der Waals surface area contributed by atoms with Gasteiger partial charge in [0.2, 0.25) is 5.91 Å². The number of rotatable bonds is 5. The lowest BCUT2D eigenvalue weighted by molar-refractivity contribution is -0.132. The van der Waals surface area contributed by atoms with E-state index >= 15 is 0 Å². The Hall–Kier alpha value is -2.04. The Morgan fingerprint density at radius 1 is 1.30 bits per heavy atom. The van der Waals surface area contributed by atoms with Gasteiger partial charge in [-0.25, -0.2) is 4.79 Å². The molecule has 0 aliphatic carbocycles. The fraction of sp³-hybridized carbons (Fsp3) is 0.556. The van der Waals surface area contributed by atoms with Gasteiger partial charge in [-0.05, 0) is 50.3 Å². The first-order valence-electron chi connectivity index (χ1n) is 8.30. The number of ether oxygens (including phenoxy) is 1. The summed E-state index contributed by atoms with van der Waals surface area (Å²) in [6.45, 7) is 7.38. The SMILES string of the molecule is CCOC(=O)NCCC(=O)N1CCCC1c1ccc(C)c(C)c1. The molecule has 0 aromatic heterocycles. The Balaban J connectivity index is 1.94. The van der Waals surface area contributed by atoms with Gasteiger partial charge in [-0.2, -0.15) is 0 Å². The third kappa shape index (κ3) is 4.47. The largest absolute Gasteiger partial charge is 0.450 e. The molecule has 1 atom stereocenters. The van der Waals surface area contributed by atoms with E-state index in [4.69, 9.17) is 4.74 Å². The van der Waals surface area contributed by atoms with Gasteiger partial charge in [0, 0.05) is 19.5 Å². The second-order valence-electron chi connectivity index (χ2n) is 5.99. The molecule has 5 nitrogen and oxygen atoms in total. The van der Waals surface area contributed by atoms with Crippen LogP contribution < -0.4 is 5.32 Å². The van der Waals surface area contributed by atoms with Crippen molar-refractivity contribution in [2.24, 2.45) is 0 Å². The van der Waals surface area contributed by atoms with Gasteiger partial charge in [0.15, 0.2) is 0 Å². The van der Waals surface area contributed by atoms with Gasteiger partial charge in [-0.3, -0.25) is 4.79 Å². The van der Waals surface area contributed by atoms with Crippen molar-refractivity contribution in [3.05, 3.63) is 34.9 Å². The van der Waals surface area contributed by atoms with Crippen molar-refractivity contribution in [2.75, 3.05) is 19.7 Å². The third-order valence-corrected chi connectivity index (χ3v) is 4.37. The van der Waals surface area contributed by atoms with Gasteiger partial charge in [0.05, 0.1) is 12.6 Å². The average molecular weight is 318 g/mol. The number of hydrogen-bond acceptors (Lipinski definition) is 3. The molecule has 1 aliphatic rings. The van der Waals surface area contributed by atoms with E-state index < -0.39 is 6.09 Å². The summed E-state index contributed by atoms with van der Waals surface area (Å²) in [6.07, 6.45) is 1.86. The van der Waals surface area contributed by atoms with E-state index in [1.165, 1.54) is 16.7 Å². The lowest BCUT2D eigenvalue weighted by atomic mass is 9.99. The van der Waals surface area contributed by atoms with Crippen molar-refractivity contribution in [2.45, 2.75) is 46.1 Å². The van der Waals surface area contributed by atoms with Gasteiger partial charge in [0.25, 0.3) is 0 Å². The maximum absolute atomic E-state index is 12.5. The molecule has 23 heavy (non-hydrogen) atoms. The second-order valence-corrected chi connectivity index (χ2v) is 5.99. The number of nitrogens with one attached hydrogen (secondary N) is 1. The molecule has 5 heteroatoms. The first kappa shape index (κ1) is 17.3. The number of amides is 2. The van der Waals surface area contributed by atoms with Crippen LogP contribution in [0.15, 0.2) is 18.2 Å². The Morgan fingerprint density at radius 2 is 2.09 bits per heavy atom. The zero-order valence-electron chi connectivity index (χ0n) is 14.2. The molecule has 0 spiro atoms. The lowest BCUT2D eigenvalue weighted by Crippen LogP contribution is -2.34. The summed E-state index contributed by atoms with van der Waals surface area (Å²) in [5, 5.41) is 2.60. The Labute approximate surface area is 138 Å². The standard InChI is InChI=1S/C18H26N2O3/c1-4-23-18(22)19-10-9-17(21)20-11-5-6-16(20)15-8-7-13(2)14(3)12-15/h7-8,12,16H,4-6,9-11H2,1-3H3,(H,19,22). The van der Waals surface area contributed by atoms with E-state index in [0.29, 0.717) is 19.6 Å². The van der Waals surface area contributed by atoms with E-state index in [2.05, 4.69) is 37.4 Å². The summed E-state index contributed by atoms with van der Waals surface area (Å²) in [5.41, 5.74) is 3.73. The van der Waals surface area contributed by atoms with Crippen LogP contribution in [0.1, 0.15) is 48.9 Å². The second kappa shape index (κ2) is 7.99. The molecule has 0 bridgehead atoms. The summed E-state index contributed by atoms with van der Waals surface area (Å²) in [6, 6.07) is 6.58. The molecule has 1 saturated heterocycles. The number of nitrogens with zero attached hydrogens (tertiary/aromatic N) is 1. The van der Waals surface area contributed by atoms with Crippen LogP contribution in [0.2, 0.25) is 0 Å². The number of carbonyl (C=O) groups excluding carboxylic acids is 2. The van der Waals surface area contributed by atoms with Gasteiger partial charge >= 0.3 is 6.09 Å². The number of carbonyl (C=O) groups is 2. The summed E-state index contributed by atoms with van der Waals surface area (Å²) in [4.78, 5) is 25.6. The van der Waals surface area contributed by atoms with Gasteiger partial charge in [-0.15, -0.1) is 0 Å². The van der Waals surface area contributed by atoms with Crippen molar-refractivity contribution < 1.29 is 14.3 Å². The minimum atomic E-state index is -0.465. The average Bonchev–Trinajstić information content (AvgIpc) is 3.00. The maximum atomic E-state index is 12.5. The third-order valence-electron chi connectivity index (χ3n) is 4.37. The van der Waals surface area contributed by atoms with Crippen molar-refractivity contribution in [3.63, 3.8) is 0 Å². The highest BCUT2D eigenvalue weighted by Crippen LogP contribution is 2.33. The minimum Gasteiger partial charge on any atom is -0.450 e. The molecule has 1 unspecified atom stereocenters. The maximum Gasteiger partial charge on any atom is 0.407 e. The van der Waals surface area contributed by atoms with Crippen LogP contribution in [0, 0.1) is 13.8 Å². The normalized spacial score (nSPS) is 17.2. The first-order valence-corrected chi connectivity index (χ1v) is 8.30. The number of likely N-dealkylation sites (tertiary alicyclic amines) is 1. The summed E-state index contributed by atoms with van der Waals surface area (Å²) in [7, 11) is 0. The van der Waals surface area contributed by atoms with Crippen molar-refractivity contribution >= 4 is 12.0 Å². The highest BCUT2D eigenvalue weighted by atomic mass is 16.5. The van der Waals surface area contributed by atoms with Crippen molar-refractivity contribution in [1.82, 2.24) is 10.2 Å². The summed E-state index contributed by atoms with van der Waals surface area (Å²) in [5.74, 6) is 0.0857. The van der Waals surface area contributed by atoms with Crippen LogP contribution in [-0.4, -0.2) is 36.6 Å². The fourth-order valence-corrected chi connectivity index (χ4v) is 2.98. The van der Waals surface area contributed by atoms with Crippen LogP contribution in [0.25, 0.3) is 0 Å². The number of aryl methyl sites for hydroxylation is 2. The van der Waals surface area contributed by atoms with E-state index in [1.54, 1.807) is 6.92 Å². The van der Waals surface area contributed by atoms with Gasteiger partial charge in [0.1, 0.15) is 0 Å². The number of alkyl carbamates (subject to hydrolysis) is 1. The molecule has 1 N–H and O–H groups in total. The molecular weight excluding hydrogens is 292 g/mol. The van der Waals surface area contributed by atoms with Crippen LogP contribution in [0.5, 0.6) is 0 Å². The molecular formula is C18H26N2O3. The topological polar surface area (TPSA) is 58.6 Å². The molecule has 2 rings (SSSR count). The van der Waals surface area contributed by atoms with Crippen molar-refractivity contribution in [1.29, 1.82) is 0 Å². The lowest BCUT2D eigenvalue weighted by Gasteiger charge is -2.25. The predicted molar refractivity (Wildman–Crippen MR) is 89.2 cm³/mol. The van der Waals surface area contributed by atoms with Crippen LogP contribution in [0.3, 0.4) is 0 Å². The quantitative estimate of drug-likeness (QED) is 0.907. The number of benzene rings is 1. The molecule has 1 aromatic rings. The molecule has 1 aliphatic heterocycles. The van der Waals surface area contributed by atoms with E-state index in [-0.39, 0.29) is 11.9 Å². The fourth-order valence-electron chi connectivity index (χ4n) is 2.98. The zero-order valence-corrected chi connectivity index (χ0v) is 14.2. The molecule has 1 aromatic carbocycles. The highest BCUT2D eigenvalue weighted by molar-refractivity contribution is 5.78. The van der Waals surface area contributed by atoms with E-state index in [9.17, 15) is 9.59 Å². The Morgan fingerprint density at radius 3 is 2.78 bits per heavy atom. The van der Waals surface area contributed by atoms with Crippen molar-refractivity contribution in [3.8, 4) is 0 Å². The molecule has 1 fully saturated rings. The van der Waals surface area contributed by atoms with Crippen LogP contribution in [-0.2, 0) is 9.53 Å². The molecule has 2 amide bonds. The monoisotopic (exact) mass is 318 g/mol. The molecule has 0 radical (unpaired) electrons. The first-order chi connectivity index (χ1) is 11.0.